The van der Waals surface area contributed by atoms with E-state index in [9.17, 15) is 0 Å². The molecular formula is C9H10N4. The zero-order valence-corrected chi connectivity index (χ0v) is 7.31. The highest BCUT2D eigenvalue weighted by Crippen LogP contribution is 2.14. The smallest absolute Gasteiger partial charge is 0.147 e. The summed E-state index contributed by atoms with van der Waals surface area (Å²) < 4.78 is 1.67. The number of hydrogen-bond acceptors (Lipinski definition) is 3. The Balaban J connectivity index is 2.52. The summed E-state index contributed by atoms with van der Waals surface area (Å²) in [7, 11) is 0. The zero-order valence-electron chi connectivity index (χ0n) is 7.31. The molecule has 0 saturated carbocycles. The molecule has 0 aliphatic carbocycles. The molecule has 1 heterocycles. The van der Waals surface area contributed by atoms with E-state index < -0.39 is 0 Å². The highest BCUT2D eigenvalue weighted by atomic mass is 15.3. The van der Waals surface area contributed by atoms with Crippen LogP contribution in [0, 0.1) is 6.92 Å². The minimum Gasteiger partial charge on any atom is -0.397 e. The van der Waals surface area contributed by atoms with E-state index in [0.717, 1.165) is 11.5 Å². The first-order chi connectivity index (χ1) is 6.27. The van der Waals surface area contributed by atoms with Crippen molar-refractivity contribution >= 4 is 5.69 Å². The lowest BCUT2D eigenvalue weighted by molar-refractivity contribution is 0.865. The van der Waals surface area contributed by atoms with Crippen LogP contribution in [-0.4, -0.2) is 14.8 Å². The van der Waals surface area contributed by atoms with Crippen LogP contribution in [0.5, 0.6) is 0 Å². The lowest BCUT2D eigenvalue weighted by Gasteiger charge is -2.02. The minimum absolute atomic E-state index is 0.701. The Labute approximate surface area is 76.0 Å². The van der Waals surface area contributed by atoms with Gasteiger partial charge in [0.15, 0.2) is 0 Å². The van der Waals surface area contributed by atoms with E-state index in [1.54, 1.807) is 11.0 Å². The van der Waals surface area contributed by atoms with Crippen molar-refractivity contribution in [2.45, 2.75) is 6.92 Å². The lowest BCUT2D eigenvalue weighted by atomic mass is 10.3. The van der Waals surface area contributed by atoms with Gasteiger partial charge in [-0.05, 0) is 19.1 Å². The van der Waals surface area contributed by atoms with Crippen molar-refractivity contribution in [1.82, 2.24) is 14.8 Å². The summed E-state index contributed by atoms with van der Waals surface area (Å²) in [6.07, 6.45) is 1.65. The van der Waals surface area contributed by atoms with Gasteiger partial charge in [-0.15, -0.1) is 0 Å². The molecule has 0 saturated heterocycles. The van der Waals surface area contributed by atoms with E-state index in [1.165, 1.54) is 0 Å². The van der Waals surface area contributed by atoms with Gasteiger partial charge in [0, 0.05) is 0 Å². The summed E-state index contributed by atoms with van der Waals surface area (Å²) in [6, 6.07) is 7.56. The molecule has 0 amide bonds. The van der Waals surface area contributed by atoms with Gasteiger partial charge >= 0.3 is 0 Å². The quantitative estimate of drug-likeness (QED) is 0.660. The van der Waals surface area contributed by atoms with Gasteiger partial charge in [-0.25, -0.2) is 9.67 Å². The molecular weight excluding hydrogens is 164 g/mol. The van der Waals surface area contributed by atoms with Crippen LogP contribution in [0.25, 0.3) is 5.69 Å². The van der Waals surface area contributed by atoms with Crippen LogP contribution in [0.4, 0.5) is 5.69 Å². The Kier molecular flexibility index (Phi) is 1.73. The molecule has 4 heteroatoms. The number of para-hydroxylation sites is 2. The van der Waals surface area contributed by atoms with Crippen molar-refractivity contribution in [1.29, 1.82) is 0 Å². The molecule has 0 bridgehead atoms. The molecule has 0 aliphatic rings. The number of hydrogen-bond donors (Lipinski definition) is 1. The molecule has 4 nitrogen and oxygen atoms in total. The molecule has 13 heavy (non-hydrogen) atoms. The van der Waals surface area contributed by atoms with E-state index in [0.29, 0.717) is 5.69 Å². The first-order valence-electron chi connectivity index (χ1n) is 4.00. The molecule has 66 valence electrons. The van der Waals surface area contributed by atoms with Crippen LogP contribution < -0.4 is 5.73 Å². The number of aryl methyl sites for hydroxylation is 1. The van der Waals surface area contributed by atoms with Gasteiger partial charge in [0.25, 0.3) is 0 Å². The van der Waals surface area contributed by atoms with E-state index in [2.05, 4.69) is 10.1 Å². The molecule has 0 spiro atoms. The first kappa shape index (κ1) is 7.79. The number of nitrogens with zero attached hydrogens (tertiary/aromatic N) is 3. The molecule has 1 aromatic carbocycles. The Morgan fingerprint density at radius 1 is 1.31 bits per heavy atom. The molecule has 0 fully saturated rings. The van der Waals surface area contributed by atoms with Crippen molar-refractivity contribution < 1.29 is 0 Å². The minimum atomic E-state index is 0.701. The number of nitrogens with two attached hydrogens (primary N) is 1. The fourth-order valence-corrected chi connectivity index (χ4v) is 1.16. The van der Waals surface area contributed by atoms with Crippen LogP contribution >= 0.6 is 0 Å². The normalized spacial score (nSPS) is 10.2. The average Bonchev–Trinajstić information content (AvgIpc) is 2.53. The third-order valence-electron chi connectivity index (χ3n) is 1.79. The van der Waals surface area contributed by atoms with Crippen molar-refractivity contribution in [2.24, 2.45) is 0 Å². The monoisotopic (exact) mass is 174 g/mol. The number of rotatable bonds is 1. The van der Waals surface area contributed by atoms with Crippen LogP contribution in [0.2, 0.25) is 0 Å². The van der Waals surface area contributed by atoms with Gasteiger partial charge in [-0.1, -0.05) is 12.1 Å². The van der Waals surface area contributed by atoms with Crippen molar-refractivity contribution in [3.8, 4) is 5.69 Å². The summed E-state index contributed by atoms with van der Waals surface area (Å²) in [5.74, 6) is 0.739. The van der Waals surface area contributed by atoms with Gasteiger partial charge in [0.05, 0.1) is 11.4 Å². The standard InChI is InChI=1S/C9H10N4/c1-7-11-6-13(12-7)9-5-3-2-4-8(9)10/h2-6H,10H2,1H3. The topological polar surface area (TPSA) is 56.7 Å². The average molecular weight is 174 g/mol. The first-order valence-corrected chi connectivity index (χ1v) is 4.00. The summed E-state index contributed by atoms with van der Waals surface area (Å²) in [5, 5.41) is 4.17. The molecule has 0 aliphatic heterocycles. The Hall–Kier alpha value is -1.84. The van der Waals surface area contributed by atoms with Gasteiger partial charge in [0.1, 0.15) is 12.2 Å². The Bertz CT molecular complexity index is 419. The van der Waals surface area contributed by atoms with E-state index in [4.69, 9.17) is 5.73 Å². The van der Waals surface area contributed by atoms with Crippen molar-refractivity contribution in [3.63, 3.8) is 0 Å². The van der Waals surface area contributed by atoms with Gasteiger partial charge in [-0.3, -0.25) is 0 Å². The lowest BCUT2D eigenvalue weighted by Crippen LogP contribution is -1.99. The maximum absolute atomic E-state index is 5.77. The van der Waals surface area contributed by atoms with Crippen molar-refractivity contribution in [3.05, 3.63) is 36.4 Å². The SMILES string of the molecule is Cc1ncn(-c2ccccc2N)n1. The summed E-state index contributed by atoms with van der Waals surface area (Å²) in [4.78, 5) is 4.03. The molecule has 0 atom stereocenters. The fourth-order valence-electron chi connectivity index (χ4n) is 1.16. The fraction of sp³-hybridized carbons (Fsp3) is 0.111. The Morgan fingerprint density at radius 2 is 2.08 bits per heavy atom. The zero-order chi connectivity index (χ0) is 9.26. The van der Waals surface area contributed by atoms with Crippen LogP contribution in [0.1, 0.15) is 5.82 Å². The summed E-state index contributed by atoms with van der Waals surface area (Å²) in [5.41, 5.74) is 7.34. The molecule has 2 N–H and O–H groups in total. The highest BCUT2D eigenvalue weighted by Gasteiger charge is 2.01. The number of aromatic nitrogens is 3. The summed E-state index contributed by atoms with van der Waals surface area (Å²) in [6.45, 7) is 1.84. The molecule has 0 unspecified atom stereocenters. The molecule has 2 rings (SSSR count). The van der Waals surface area contributed by atoms with E-state index >= 15 is 0 Å². The maximum atomic E-state index is 5.77. The number of benzene rings is 1. The second-order valence-corrected chi connectivity index (χ2v) is 2.80. The van der Waals surface area contributed by atoms with Crippen LogP contribution in [0.3, 0.4) is 0 Å². The molecule has 1 aromatic heterocycles. The molecule has 2 aromatic rings. The van der Waals surface area contributed by atoms with Crippen LogP contribution in [-0.2, 0) is 0 Å². The number of anilines is 1. The third-order valence-corrected chi connectivity index (χ3v) is 1.79. The van der Waals surface area contributed by atoms with Crippen molar-refractivity contribution in [2.75, 3.05) is 5.73 Å². The second-order valence-electron chi connectivity index (χ2n) is 2.80. The number of nitrogen functional groups attached to an aromatic ring is 1. The summed E-state index contributed by atoms with van der Waals surface area (Å²) >= 11 is 0. The van der Waals surface area contributed by atoms with E-state index in [-0.39, 0.29) is 0 Å². The third kappa shape index (κ3) is 1.38. The largest absolute Gasteiger partial charge is 0.397 e. The maximum Gasteiger partial charge on any atom is 0.147 e. The van der Waals surface area contributed by atoms with Gasteiger partial charge in [0.2, 0.25) is 0 Å². The van der Waals surface area contributed by atoms with Crippen LogP contribution in [0.15, 0.2) is 30.6 Å². The predicted molar refractivity (Wildman–Crippen MR) is 50.5 cm³/mol. The predicted octanol–water partition coefficient (Wildman–Crippen LogP) is 1.16. The van der Waals surface area contributed by atoms with Gasteiger partial charge < -0.3 is 5.73 Å². The Morgan fingerprint density at radius 3 is 2.69 bits per heavy atom. The molecule has 0 radical (unpaired) electrons. The van der Waals surface area contributed by atoms with E-state index in [1.807, 2.05) is 31.2 Å². The highest BCUT2D eigenvalue weighted by molar-refractivity contribution is 5.56. The second kappa shape index (κ2) is 2.90. The van der Waals surface area contributed by atoms with Gasteiger partial charge in [-0.2, -0.15) is 5.10 Å².